The fraction of sp³-hybridized carbons (Fsp3) is 0.714. The van der Waals surface area contributed by atoms with Crippen molar-refractivity contribution in [2.45, 2.75) is 51.1 Å². The highest BCUT2D eigenvalue weighted by molar-refractivity contribution is 5.74. The van der Waals surface area contributed by atoms with E-state index in [0.29, 0.717) is 19.1 Å². The number of hydrogen-bond acceptors (Lipinski definition) is 3. The largest absolute Gasteiger partial charge is 0.334 e. The first-order chi connectivity index (χ1) is 9.74. The molecule has 1 aliphatic carbocycles. The Hall–Kier alpha value is -1.56. The number of carbonyl (C=O) groups is 1. The molecule has 1 aromatic rings. The standard InChI is InChI=1S/C14H23N5O/c15-18-9-4-8-17(14(18)20)11-12-7-10-19(16-12)13-5-2-1-3-6-13/h7,10,13H,1-6,8-9,11,15H2. The zero-order valence-corrected chi connectivity index (χ0v) is 11.9. The van der Waals surface area contributed by atoms with E-state index in [0.717, 1.165) is 18.7 Å². The Kier molecular flexibility index (Phi) is 3.91. The van der Waals surface area contributed by atoms with Gasteiger partial charge in [0.15, 0.2) is 0 Å². The number of nitrogens with zero attached hydrogens (tertiary/aromatic N) is 4. The van der Waals surface area contributed by atoms with Crippen molar-refractivity contribution in [3.05, 3.63) is 18.0 Å². The van der Waals surface area contributed by atoms with Gasteiger partial charge in [0.2, 0.25) is 0 Å². The third-order valence-corrected chi connectivity index (χ3v) is 4.31. The first-order valence-electron chi connectivity index (χ1n) is 7.59. The Morgan fingerprint density at radius 1 is 1.20 bits per heavy atom. The molecule has 20 heavy (non-hydrogen) atoms. The normalized spacial score (nSPS) is 21.6. The average molecular weight is 277 g/mol. The summed E-state index contributed by atoms with van der Waals surface area (Å²) in [6.07, 6.45) is 9.37. The third kappa shape index (κ3) is 2.80. The summed E-state index contributed by atoms with van der Waals surface area (Å²) >= 11 is 0. The van der Waals surface area contributed by atoms with Gasteiger partial charge in [0, 0.05) is 19.3 Å². The van der Waals surface area contributed by atoms with Crippen molar-refractivity contribution in [3.8, 4) is 0 Å². The number of rotatable bonds is 3. The van der Waals surface area contributed by atoms with Crippen LogP contribution in [0, 0.1) is 0 Å². The summed E-state index contributed by atoms with van der Waals surface area (Å²) in [6.45, 7) is 1.97. The molecule has 110 valence electrons. The number of hydrazine groups is 1. The molecule has 6 heteroatoms. The topological polar surface area (TPSA) is 67.4 Å². The van der Waals surface area contributed by atoms with Gasteiger partial charge >= 0.3 is 6.03 Å². The van der Waals surface area contributed by atoms with E-state index >= 15 is 0 Å². The van der Waals surface area contributed by atoms with E-state index in [1.165, 1.54) is 37.1 Å². The highest BCUT2D eigenvalue weighted by atomic mass is 16.2. The number of nitrogens with two attached hydrogens (primary N) is 1. The van der Waals surface area contributed by atoms with Crippen LogP contribution in [-0.4, -0.2) is 38.8 Å². The Morgan fingerprint density at radius 3 is 2.80 bits per heavy atom. The molecule has 1 aromatic heterocycles. The minimum Gasteiger partial charge on any atom is -0.318 e. The van der Waals surface area contributed by atoms with Crippen LogP contribution in [0.3, 0.4) is 0 Å². The number of amides is 2. The van der Waals surface area contributed by atoms with Gasteiger partial charge in [-0.25, -0.2) is 10.6 Å². The summed E-state index contributed by atoms with van der Waals surface area (Å²) in [6, 6.07) is 2.47. The fourth-order valence-corrected chi connectivity index (χ4v) is 3.16. The Bertz CT molecular complexity index is 466. The number of aromatic nitrogens is 2. The second-order valence-electron chi connectivity index (χ2n) is 5.83. The maximum Gasteiger partial charge on any atom is 0.334 e. The summed E-state index contributed by atoms with van der Waals surface area (Å²) < 4.78 is 2.09. The Morgan fingerprint density at radius 2 is 2.00 bits per heavy atom. The SMILES string of the molecule is NN1CCCN(Cc2ccn(C3CCCCC3)n2)C1=O. The van der Waals surface area contributed by atoms with E-state index in [1.807, 2.05) is 6.07 Å². The first kappa shape index (κ1) is 13.4. The number of carbonyl (C=O) groups excluding carboxylic acids is 1. The number of urea groups is 1. The second kappa shape index (κ2) is 5.83. The maximum atomic E-state index is 11.9. The quantitative estimate of drug-likeness (QED) is 0.677. The minimum atomic E-state index is -0.0940. The highest BCUT2D eigenvalue weighted by Crippen LogP contribution is 2.27. The van der Waals surface area contributed by atoms with Crippen LogP contribution >= 0.6 is 0 Å². The van der Waals surface area contributed by atoms with Gasteiger partial charge in [0.1, 0.15) is 0 Å². The molecule has 0 unspecified atom stereocenters. The van der Waals surface area contributed by atoms with Crippen LogP contribution in [0.25, 0.3) is 0 Å². The lowest BCUT2D eigenvalue weighted by Crippen LogP contribution is -2.52. The van der Waals surface area contributed by atoms with Crippen molar-refractivity contribution in [2.75, 3.05) is 13.1 Å². The van der Waals surface area contributed by atoms with Crippen LogP contribution in [0.1, 0.15) is 50.3 Å². The molecule has 1 saturated carbocycles. The molecule has 1 saturated heterocycles. The Labute approximate surface area is 119 Å². The second-order valence-corrected chi connectivity index (χ2v) is 5.83. The molecule has 2 heterocycles. The highest BCUT2D eigenvalue weighted by Gasteiger charge is 2.24. The van der Waals surface area contributed by atoms with E-state index in [-0.39, 0.29) is 6.03 Å². The fourth-order valence-electron chi connectivity index (χ4n) is 3.16. The van der Waals surface area contributed by atoms with E-state index in [2.05, 4.69) is 16.0 Å². The Balaban J connectivity index is 1.63. The summed E-state index contributed by atoms with van der Waals surface area (Å²) in [5.41, 5.74) is 0.958. The molecule has 0 spiro atoms. The molecule has 0 aromatic carbocycles. The van der Waals surface area contributed by atoms with E-state index in [9.17, 15) is 4.79 Å². The van der Waals surface area contributed by atoms with Crippen LogP contribution in [0.5, 0.6) is 0 Å². The zero-order valence-electron chi connectivity index (χ0n) is 11.9. The lowest BCUT2D eigenvalue weighted by Gasteiger charge is -2.32. The summed E-state index contributed by atoms with van der Waals surface area (Å²) in [5, 5.41) is 5.94. The van der Waals surface area contributed by atoms with Crippen molar-refractivity contribution in [1.82, 2.24) is 19.7 Å². The van der Waals surface area contributed by atoms with E-state index in [1.54, 1.807) is 4.90 Å². The van der Waals surface area contributed by atoms with Gasteiger partial charge < -0.3 is 4.90 Å². The van der Waals surface area contributed by atoms with Gasteiger partial charge in [-0.15, -0.1) is 0 Å². The monoisotopic (exact) mass is 277 g/mol. The van der Waals surface area contributed by atoms with E-state index < -0.39 is 0 Å². The lowest BCUT2D eigenvalue weighted by molar-refractivity contribution is 0.126. The predicted molar refractivity (Wildman–Crippen MR) is 75.7 cm³/mol. The number of hydrogen-bond donors (Lipinski definition) is 1. The molecule has 2 fully saturated rings. The molecule has 3 rings (SSSR count). The molecular weight excluding hydrogens is 254 g/mol. The van der Waals surface area contributed by atoms with Crippen LogP contribution in [0.2, 0.25) is 0 Å². The van der Waals surface area contributed by atoms with Gasteiger partial charge in [-0.1, -0.05) is 19.3 Å². The first-order valence-corrected chi connectivity index (χ1v) is 7.59. The van der Waals surface area contributed by atoms with Gasteiger partial charge in [-0.2, -0.15) is 5.10 Å². The van der Waals surface area contributed by atoms with Crippen LogP contribution in [0.15, 0.2) is 12.3 Å². The molecule has 0 radical (unpaired) electrons. The van der Waals surface area contributed by atoms with Gasteiger partial charge in [0.05, 0.1) is 18.3 Å². The van der Waals surface area contributed by atoms with Crippen molar-refractivity contribution >= 4 is 6.03 Å². The lowest BCUT2D eigenvalue weighted by atomic mass is 9.96. The molecule has 0 atom stereocenters. The molecule has 2 N–H and O–H groups in total. The smallest absolute Gasteiger partial charge is 0.318 e. The van der Waals surface area contributed by atoms with Crippen molar-refractivity contribution in [2.24, 2.45) is 5.84 Å². The molecule has 6 nitrogen and oxygen atoms in total. The van der Waals surface area contributed by atoms with Crippen molar-refractivity contribution < 1.29 is 4.79 Å². The third-order valence-electron chi connectivity index (χ3n) is 4.31. The summed E-state index contributed by atoms with van der Waals surface area (Å²) in [4.78, 5) is 13.7. The van der Waals surface area contributed by atoms with Gasteiger partial charge in [0.25, 0.3) is 0 Å². The van der Waals surface area contributed by atoms with Crippen LogP contribution in [0.4, 0.5) is 4.79 Å². The van der Waals surface area contributed by atoms with Crippen molar-refractivity contribution in [3.63, 3.8) is 0 Å². The van der Waals surface area contributed by atoms with Gasteiger partial charge in [-0.3, -0.25) is 9.69 Å². The van der Waals surface area contributed by atoms with Crippen molar-refractivity contribution in [1.29, 1.82) is 0 Å². The minimum absolute atomic E-state index is 0.0940. The van der Waals surface area contributed by atoms with Gasteiger partial charge in [-0.05, 0) is 25.3 Å². The maximum absolute atomic E-state index is 11.9. The molecule has 2 aliphatic rings. The van der Waals surface area contributed by atoms with Crippen LogP contribution in [-0.2, 0) is 6.54 Å². The summed E-state index contributed by atoms with van der Waals surface area (Å²) in [7, 11) is 0. The molecule has 1 aliphatic heterocycles. The van der Waals surface area contributed by atoms with E-state index in [4.69, 9.17) is 5.84 Å². The van der Waals surface area contributed by atoms with Crippen LogP contribution < -0.4 is 5.84 Å². The predicted octanol–water partition coefficient (Wildman–Crippen LogP) is 1.89. The molecule has 2 amide bonds. The molecular formula is C14H23N5O. The molecule has 0 bridgehead atoms. The zero-order chi connectivity index (χ0) is 13.9. The summed E-state index contributed by atoms with van der Waals surface area (Å²) in [5.74, 6) is 5.66. The average Bonchev–Trinajstić information content (AvgIpc) is 2.93.